The molecule has 3 nitrogen and oxygen atoms in total. The van der Waals surface area contributed by atoms with Gasteiger partial charge in [0.1, 0.15) is 6.10 Å². The number of aliphatic hydroxyl groups is 1. The lowest BCUT2D eigenvalue weighted by Gasteiger charge is -2.18. The van der Waals surface area contributed by atoms with Crippen LogP contribution in [0.15, 0.2) is 27.3 Å². The van der Waals surface area contributed by atoms with Crippen LogP contribution >= 0.6 is 24.4 Å². The van der Waals surface area contributed by atoms with Crippen molar-refractivity contribution < 1.29 is 15.3 Å². The smallest absolute Gasteiger partial charge is 0.158 e. The van der Waals surface area contributed by atoms with E-state index >= 15 is 0 Å². The molecular formula is C9H8O3S2. The van der Waals surface area contributed by atoms with Crippen LogP contribution in [0, 0.1) is 0 Å². The fourth-order valence-electron chi connectivity index (χ4n) is 1.26. The van der Waals surface area contributed by atoms with Crippen molar-refractivity contribution in [2.75, 3.05) is 0 Å². The number of benzene rings is 1. The van der Waals surface area contributed by atoms with Gasteiger partial charge in [0.05, 0.1) is 0 Å². The van der Waals surface area contributed by atoms with E-state index in [4.69, 9.17) is 0 Å². The van der Waals surface area contributed by atoms with Crippen molar-refractivity contribution in [1.29, 1.82) is 0 Å². The van der Waals surface area contributed by atoms with Crippen LogP contribution in [0.3, 0.4) is 0 Å². The average molecular weight is 228 g/mol. The molecule has 0 amide bonds. The van der Waals surface area contributed by atoms with Gasteiger partial charge in [-0.2, -0.15) is 0 Å². The second kappa shape index (κ2) is 3.42. The van der Waals surface area contributed by atoms with Crippen LogP contribution in [0.2, 0.25) is 0 Å². The molecule has 0 saturated carbocycles. The van der Waals surface area contributed by atoms with Gasteiger partial charge < -0.3 is 15.3 Å². The van der Waals surface area contributed by atoms with E-state index in [1.54, 1.807) is 6.08 Å². The molecule has 0 radical (unpaired) electrons. The summed E-state index contributed by atoms with van der Waals surface area (Å²) in [5.74, 6) is -0.411. The number of phenolic OH excluding ortho intramolecular Hbond substituents is 2. The molecule has 0 fully saturated rings. The maximum atomic E-state index is 9.62. The van der Waals surface area contributed by atoms with E-state index in [0.29, 0.717) is 14.7 Å². The normalized spacial score (nSPS) is 20.1. The van der Waals surface area contributed by atoms with Crippen LogP contribution in [-0.4, -0.2) is 15.3 Å². The van der Waals surface area contributed by atoms with Crippen molar-refractivity contribution >= 4 is 24.4 Å². The minimum atomic E-state index is -0.773. The molecule has 74 valence electrons. The molecule has 1 aromatic carbocycles. The maximum absolute atomic E-state index is 9.62. The number of aromatic hydroxyl groups is 2. The number of phenols is 2. The molecule has 5 heteroatoms. The lowest BCUT2D eigenvalue weighted by Crippen LogP contribution is -2.00. The molecule has 1 aliphatic heterocycles. The van der Waals surface area contributed by atoms with Crippen LogP contribution in [0.25, 0.3) is 0 Å². The van der Waals surface area contributed by atoms with Crippen molar-refractivity contribution in [3.63, 3.8) is 0 Å². The Kier molecular flexibility index (Phi) is 2.38. The van der Waals surface area contributed by atoms with Gasteiger partial charge in [-0.1, -0.05) is 11.8 Å². The van der Waals surface area contributed by atoms with Gasteiger partial charge in [0, 0.05) is 14.7 Å². The van der Waals surface area contributed by atoms with Crippen molar-refractivity contribution in [2.45, 2.75) is 11.0 Å². The van der Waals surface area contributed by atoms with Crippen molar-refractivity contribution in [1.82, 2.24) is 0 Å². The summed E-state index contributed by atoms with van der Waals surface area (Å²) in [5.41, 5.74) is 0.586. The van der Waals surface area contributed by atoms with E-state index in [2.05, 4.69) is 12.6 Å². The molecule has 0 bridgehead atoms. The fourth-order valence-corrected chi connectivity index (χ4v) is 2.59. The Hall–Kier alpha value is -0.780. The van der Waals surface area contributed by atoms with Crippen LogP contribution in [0.1, 0.15) is 11.7 Å². The molecule has 1 aromatic rings. The molecule has 1 heterocycles. The second-order valence-electron chi connectivity index (χ2n) is 2.93. The summed E-state index contributed by atoms with van der Waals surface area (Å²) in [4.78, 5) is 0.709. The standard InChI is InChI=1S/C9H8O3S2/c10-5-3-9(13)14-8-2-7(12)6(11)1-4(5)8/h1-3,5,10-13H. The molecule has 3 N–H and O–H groups in total. The minimum Gasteiger partial charge on any atom is -0.504 e. The summed E-state index contributed by atoms with van der Waals surface area (Å²) in [7, 11) is 0. The molecular weight excluding hydrogens is 220 g/mol. The zero-order chi connectivity index (χ0) is 10.3. The van der Waals surface area contributed by atoms with Gasteiger partial charge in [-0.05, 0) is 18.2 Å². The molecule has 0 aliphatic carbocycles. The molecule has 0 aromatic heterocycles. The van der Waals surface area contributed by atoms with E-state index in [-0.39, 0.29) is 11.5 Å². The summed E-state index contributed by atoms with van der Waals surface area (Å²) < 4.78 is 0.676. The van der Waals surface area contributed by atoms with E-state index in [1.807, 2.05) is 0 Å². The first-order valence-electron chi connectivity index (χ1n) is 3.90. The summed E-state index contributed by atoms with van der Waals surface area (Å²) in [6.45, 7) is 0. The number of fused-ring (bicyclic) bond motifs is 1. The predicted octanol–water partition coefficient (Wildman–Crippen LogP) is 2.01. The first-order valence-corrected chi connectivity index (χ1v) is 5.17. The van der Waals surface area contributed by atoms with Crippen LogP contribution in [0.5, 0.6) is 11.5 Å². The number of hydrogen-bond donors (Lipinski definition) is 4. The SMILES string of the molecule is Oc1cc2c(cc1O)C(O)C=C(S)S2. The van der Waals surface area contributed by atoms with Crippen molar-refractivity contribution in [3.05, 3.63) is 28.0 Å². The third-order valence-electron chi connectivity index (χ3n) is 1.94. The van der Waals surface area contributed by atoms with Gasteiger partial charge in [-0.3, -0.25) is 0 Å². The topological polar surface area (TPSA) is 60.7 Å². The van der Waals surface area contributed by atoms with Gasteiger partial charge in [0.15, 0.2) is 11.5 Å². The Labute approximate surface area is 90.5 Å². The quantitative estimate of drug-likeness (QED) is 0.405. The first-order chi connectivity index (χ1) is 6.58. The first kappa shape index (κ1) is 9.76. The lowest BCUT2D eigenvalue weighted by molar-refractivity contribution is 0.224. The molecule has 1 aliphatic rings. The van der Waals surface area contributed by atoms with Gasteiger partial charge in [-0.25, -0.2) is 0 Å². The van der Waals surface area contributed by atoms with E-state index in [1.165, 1.54) is 23.9 Å². The zero-order valence-corrected chi connectivity index (χ0v) is 8.72. The second-order valence-corrected chi connectivity index (χ2v) is 4.80. The van der Waals surface area contributed by atoms with Crippen LogP contribution in [-0.2, 0) is 0 Å². The monoisotopic (exact) mass is 228 g/mol. The highest BCUT2D eigenvalue weighted by Crippen LogP contribution is 2.44. The van der Waals surface area contributed by atoms with Crippen molar-refractivity contribution in [3.8, 4) is 11.5 Å². The average Bonchev–Trinajstić information content (AvgIpc) is 2.08. The number of hydrogen-bond acceptors (Lipinski definition) is 5. The lowest BCUT2D eigenvalue weighted by atomic mass is 10.1. The van der Waals surface area contributed by atoms with Gasteiger partial charge >= 0.3 is 0 Å². The molecule has 0 spiro atoms. The van der Waals surface area contributed by atoms with E-state index in [9.17, 15) is 15.3 Å². The van der Waals surface area contributed by atoms with Gasteiger partial charge in [-0.15, -0.1) is 12.6 Å². The largest absolute Gasteiger partial charge is 0.504 e. The van der Waals surface area contributed by atoms with Crippen molar-refractivity contribution in [2.24, 2.45) is 0 Å². The molecule has 1 atom stereocenters. The number of thioether (sulfide) groups is 1. The summed E-state index contributed by atoms with van der Waals surface area (Å²) in [6, 6.07) is 2.78. The molecule has 2 rings (SSSR count). The number of rotatable bonds is 0. The van der Waals surface area contributed by atoms with Gasteiger partial charge in [0.25, 0.3) is 0 Å². The summed E-state index contributed by atoms with van der Waals surface area (Å²) in [6.07, 6.45) is 0.803. The molecule has 1 unspecified atom stereocenters. The Morgan fingerprint density at radius 2 is 1.86 bits per heavy atom. The molecule has 0 saturated heterocycles. The summed E-state index contributed by atoms with van der Waals surface area (Å²) in [5, 5.41) is 28.1. The maximum Gasteiger partial charge on any atom is 0.158 e. The van der Waals surface area contributed by atoms with Crippen LogP contribution in [0.4, 0.5) is 0 Å². The van der Waals surface area contributed by atoms with E-state index in [0.717, 1.165) is 0 Å². The highest BCUT2D eigenvalue weighted by molar-refractivity contribution is 8.15. The number of aliphatic hydroxyl groups excluding tert-OH is 1. The number of thiol groups is 1. The fraction of sp³-hybridized carbons (Fsp3) is 0.111. The highest BCUT2D eigenvalue weighted by Gasteiger charge is 2.19. The highest BCUT2D eigenvalue weighted by atomic mass is 32.2. The Morgan fingerprint density at radius 1 is 1.21 bits per heavy atom. The predicted molar refractivity (Wildman–Crippen MR) is 57.7 cm³/mol. The third-order valence-corrected chi connectivity index (χ3v) is 3.28. The minimum absolute atomic E-state index is 0.188. The third kappa shape index (κ3) is 1.58. The Morgan fingerprint density at radius 3 is 2.57 bits per heavy atom. The van der Waals surface area contributed by atoms with Crippen LogP contribution < -0.4 is 0 Å². The molecule has 14 heavy (non-hydrogen) atoms. The van der Waals surface area contributed by atoms with Gasteiger partial charge in [0.2, 0.25) is 0 Å². The summed E-state index contributed by atoms with van der Waals surface area (Å²) >= 11 is 5.46. The Bertz CT molecular complexity index is 415. The Balaban J connectivity index is 2.55. The zero-order valence-electron chi connectivity index (χ0n) is 7.01. The van der Waals surface area contributed by atoms with E-state index < -0.39 is 6.10 Å².